The maximum Gasteiger partial charge on any atom is 0.265 e. The lowest BCUT2D eigenvalue weighted by Crippen LogP contribution is -2.54. The largest absolute Gasteiger partial charge is 0.366 e. The molecule has 1 amide bonds. The van der Waals surface area contributed by atoms with Crippen molar-refractivity contribution in [3.05, 3.63) is 64.3 Å². The van der Waals surface area contributed by atoms with E-state index in [0.29, 0.717) is 45.1 Å². The van der Waals surface area contributed by atoms with Crippen molar-refractivity contribution in [2.75, 3.05) is 46.8 Å². The molecule has 10 heteroatoms. The van der Waals surface area contributed by atoms with Crippen molar-refractivity contribution in [2.45, 2.75) is 25.9 Å². The number of fused-ring (bicyclic) bond motifs is 1. The summed E-state index contributed by atoms with van der Waals surface area (Å²) in [5, 5.41) is 7.59. The van der Waals surface area contributed by atoms with E-state index in [9.17, 15) is 4.79 Å². The Bertz CT molecular complexity index is 1230. The van der Waals surface area contributed by atoms with Crippen molar-refractivity contribution in [1.29, 1.82) is 0 Å². The molecule has 0 radical (unpaired) electrons. The van der Waals surface area contributed by atoms with E-state index < -0.39 is 0 Å². The summed E-state index contributed by atoms with van der Waals surface area (Å²) in [7, 11) is 1.87. The SMILES string of the molecule is CC1CN(c2ccc(Nc3ncc4c(n3)N(C)CN(c3c(Cl)cccc3Cl)C4=O)cc2)C(C)CN1. The molecule has 2 aliphatic heterocycles. The van der Waals surface area contributed by atoms with Gasteiger partial charge in [-0.2, -0.15) is 4.98 Å². The van der Waals surface area contributed by atoms with Gasteiger partial charge in [0, 0.05) is 49.8 Å². The van der Waals surface area contributed by atoms with Gasteiger partial charge < -0.3 is 20.4 Å². The first-order valence-corrected chi connectivity index (χ1v) is 12.3. The first-order valence-electron chi connectivity index (χ1n) is 11.5. The van der Waals surface area contributed by atoms with Gasteiger partial charge in [0.1, 0.15) is 11.4 Å². The molecule has 0 spiro atoms. The molecule has 0 aliphatic carbocycles. The minimum Gasteiger partial charge on any atom is -0.366 e. The van der Waals surface area contributed by atoms with Crippen LogP contribution in [0.5, 0.6) is 0 Å². The van der Waals surface area contributed by atoms with E-state index in [1.165, 1.54) is 5.69 Å². The molecule has 1 aromatic heterocycles. The maximum absolute atomic E-state index is 13.2. The summed E-state index contributed by atoms with van der Waals surface area (Å²) in [6.45, 7) is 6.63. The highest BCUT2D eigenvalue weighted by Crippen LogP contribution is 2.37. The molecule has 182 valence electrons. The summed E-state index contributed by atoms with van der Waals surface area (Å²) in [5.74, 6) is 0.722. The van der Waals surface area contributed by atoms with Gasteiger partial charge in [-0.1, -0.05) is 29.3 Å². The smallest absolute Gasteiger partial charge is 0.265 e. The lowest BCUT2D eigenvalue weighted by Gasteiger charge is -2.39. The Morgan fingerprint density at radius 2 is 1.80 bits per heavy atom. The topological polar surface area (TPSA) is 76.6 Å². The highest BCUT2D eigenvalue weighted by Gasteiger charge is 2.32. The van der Waals surface area contributed by atoms with Crippen LogP contribution in [0.15, 0.2) is 48.7 Å². The van der Waals surface area contributed by atoms with Gasteiger partial charge in [0.15, 0.2) is 0 Å². The minimum absolute atomic E-state index is 0.247. The first kappa shape index (κ1) is 23.7. The van der Waals surface area contributed by atoms with Gasteiger partial charge in [0.2, 0.25) is 5.95 Å². The lowest BCUT2D eigenvalue weighted by molar-refractivity contribution is 0.0982. The van der Waals surface area contributed by atoms with E-state index in [2.05, 4.69) is 51.5 Å². The van der Waals surface area contributed by atoms with Crippen LogP contribution in [0.3, 0.4) is 0 Å². The van der Waals surface area contributed by atoms with Gasteiger partial charge in [0.25, 0.3) is 5.91 Å². The third-order valence-corrected chi connectivity index (χ3v) is 7.00. The Balaban J connectivity index is 1.35. The van der Waals surface area contributed by atoms with Crippen molar-refractivity contribution in [1.82, 2.24) is 15.3 Å². The molecule has 35 heavy (non-hydrogen) atoms. The van der Waals surface area contributed by atoms with Gasteiger partial charge >= 0.3 is 0 Å². The van der Waals surface area contributed by atoms with Crippen LogP contribution in [-0.4, -0.2) is 54.8 Å². The number of para-hydroxylation sites is 1. The fourth-order valence-electron chi connectivity index (χ4n) is 4.53. The average Bonchev–Trinajstić information content (AvgIpc) is 2.84. The van der Waals surface area contributed by atoms with Crippen molar-refractivity contribution in [3.63, 3.8) is 0 Å². The minimum atomic E-state index is -0.247. The molecule has 2 aliphatic rings. The zero-order valence-corrected chi connectivity index (χ0v) is 21.3. The van der Waals surface area contributed by atoms with E-state index in [-0.39, 0.29) is 12.6 Å². The number of nitrogens with one attached hydrogen (secondary N) is 2. The number of aromatic nitrogens is 2. The molecule has 8 nitrogen and oxygen atoms in total. The maximum atomic E-state index is 13.2. The highest BCUT2D eigenvalue weighted by molar-refractivity contribution is 6.40. The third kappa shape index (κ3) is 4.61. The van der Waals surface area contributed by atoms with Crippen molar-refractivity contribution in [2.24, 2.45) is 0 Å². The summed E-state index contributed by atoms with van der Waals surface area (Å²) in [4.78, 5) is 28.1. The number of amides is 1. The van der Waals surface area contributed by atoms with Gasteiger partial charge in [-0.25, -0.2) is 4.98 Å². The van der Waals surface area contributed by atoms with Crippen LogP contribution in [0.1, 0.15) is 24.2 Å². The number of hydrogen-bond donors (Lipinski definition) is 2. The van der Waals surface area contributed by atoms with Gasteiger partial charge in [-0.3, -0.25) is 9.69 Å². The molecule has 2 N–H and O–H groups in total. The normalized spacial score (nSPS) is 20.1. The zero-order chi connectivity index (χ0) is 24.7. The molecule has 5 rings (SSSR count). The molecule has 3 aromatic rings. The molecule has 1 saturated heterocycles. The zero-order valence-electron chi connectivity index (χ0n) is 19.8. The fourth-order valence-corrected chi connectivity index (χ4v) is 5.13. The summed E-state index contributed by atoms with van der Waals surface area (Å²) in [5.41, 5.74) is 2.93. The van der Waals surface area contributed by atoms with Crippen LogP contribution in [0, 0.1) is 0 Å². The lowest BCUT2D eigenvalue weighted by atomic mass is 10.1. The molecule has 2 atom stereocenters. The monoisotopic (exact) mass is 511 g/mol. The van der Waals surface area contributed by atoms with Crippen LogP contribution in [0.25, 0.3) is 0 Å². The molecule has 2 aromatic carbocycles. The Labute approximate surface area is 214 Å². The van der Waals surface area contributed by atoms with E-state index >= 15 is 0 Å². The van der Waals surface area contributed by atoms with Crippen LogP contribution in [0.4, 0.5) is 28.8 Å². The number of hydrogen-bond acceptors (Lipinski definition) is 7. The molecular weight excluding hydrogens is 485 g/mol. The van der Waals surface area contributed by atoms with Crippen molar-refractivity contribution >= 4 is 57.9 Å². The molecule has 0 bridgehead atoms. The fraction of sp³-hybridized carbons (Fsp3) is 0.320. The predicted molar refractivity (Wildman–Crippen MR) is 143 cm³/mol. The quantitative estimate of drug-likeness (QED) is 0.522. The highest BCUT2D eigenvalue weighted by atomic mass is 35.5. The second-order valence-corrected chi connectivity index (χ2v) is 9.87. The molecule has 0 saturated carbocycles. The second kappa shape index (κ2) is 9.53. The summed E-state index contributed by atoms with van der Waals surface area (Å²) in [6.07, 6.45) is 1.54. The van der Waals surface area contributed by atoms with E-state index in [1.807, 2.05) is 24.1 Å². The number of halogens is 2. The second-order valence-electron chi connectivity index (χ2n) is 9.06. The Morgan fingerprint density at radius 1 is 1.09 bits per heavy atom. The molecule has 2 unspecified atom stereocenters. The van der Waals surface area contributed by atoms with Crippen LogP contribution in [0.2, 0.25) is 10.0 Å². The van der Waals surface area contributed by atoms with Gasteiger partial charge in [-0.05, 0) is 50.2 Å². The summed E-state index contributed by atoms with van der Waals surface area (Å²) in [6, 6.07) is 14.3. The van der Waals surface area contributed by atoms with Crippen LogP contribution < -0.4 is 25.3 Å². The standard InChI is InChI=1S/C25H27Cl2N7O/c1-15-13-33(16(2)11-28-15)18-9-7-17(8-10-18)30-25-29-12-19-23(31-25)32(3)14-34(24(19)35)22-20(26)5-4-6-21(22)27/h4-10,12,15-16,28H,11,13-14H2,1-3H3,(H,29,30,31). The van der Waals surface area contributed by atoms with E-state index in [1.54, 1.807) is 29.3 Å². The van der Waals surface area contributed by atoms with E-state index in [0.717, 1.165) is 18.8 Å². The first-order chi connectivity index (χ1) is 16.8. The number of carbonyl (C=O) groups excluding carboxylic acids is 1. The predicted octanol–water partition coefficient (Wildman–Crippen LogP) is 4.77. The van der Waals surface area contributed by atoms with Crippen molar-refractivity contribution < 1.29 is 4.79 Å². The number of rotatable bonds is 4. The van der Waals surface area contributed by atoms with Crippen LogP contribution in [-0.2, 0) is 0 Å². The van der Waals surface area contributed by atoms with Crippen LogP contribution >= 0.6 is 23.2 Å². The number of anilines is 5. The Morgan fingerprint density at radius 3 is 2.51 bits per heavy atom. The summed E-state index contributed by atoms with van der Waals surface area (Å²) >= 11 is 12.7. The Kier molecular flexibility index (Phi) is 6.44. The number of nitrogens with zero attached hydrogens (tertiary/aromatic N) is 5. The number of piperazine rings is 1. The van der Waals surface area contributed by atoms with Crippen molar-refractivity contribution in [3.8, 4) is 0 Å². The molecule has 3 heterocycles. The Hall–Kier alpha value is -3.07. The van der Waals surface area contributed by atoms with Gasteiger partial charge in [-0.15, -0.1) is 0 Å². The average molecular weight is 512 g/mol. The van der Waals surface area contributed by atoms with E-state index in [4.69, 9.17) is 23.2 Å². The summed E-state index contributed by atoms with van der Waals surface area (Å²) < 4.78 is 0. The number of benzene rings is 2. The number of carbonyl (C=O) groups is 1. The van der Waals surface area contributed by atoms with Gasteiger partial charge in [0.05, 0.1) is 22.4 Å². The third-order valence-electron chi connectivity index (χ3n) is 6.39. The molecular formula is C25H27Cl2N7O. The molecule has 1 fully saturated rings.